The number of nitrogens with zero attached hydrogens (tertiary/aromatic N) is 3. The number of esters is 1. The van der Waals surface area contributed by atoms with Gasteiger partial charge in [0.15, 0.2) is 0 Å². The summed E-state index contributed by atoms with van der Waals surface area (Å²) < 4.78 is 18.3. The van der Waals surface area contributed by atoms with Gasteiger partial charge in [-0.3, -0.25) is 4.79 Å². The lowest BCUT2D eigenvalue weighted by atomic mass is 10.2. The van der Waals surface area contributed by atoms with Crippen LogP contribution in [0.25, 0.3) is 11.0 Å². The van der Waals surface area contributed by atoms with Crippen LogP contribution in [0, 0.1) is 5.82 Å². The second-order valence-corrected chi connectivity index (χ2v) is 5.37. The number of halogens is 1. The Hall–Kier alpha value is -3.49. The topological polar surface area (TPSA) is 95.3 Å². The van der Waals surface area contributed by atoms with Crippen molar-refractivity contribution in [3.05, 3.63) is 53.8 Å². The minimum Gasteiger partial charge on any atom is -0.465 e. The van der Waals surface area contributed by atoms with Crippen molar-refractivity contribution in [2.24, 2.45) is 0 Å². The van der Waals surface area contributed by atoms with Gasteiger partial charge in [0.25, 0.3) is 5.91 Å². The molecule has 1 heterocycles. The number of carbonyl (C=O) groups is 2. The summed E-state index contributed by atoms with van der Waals surface area (Å²) in [5, 5.41) is 10.1. The number of amides is 1. The Balaban J connectivity index is 1.78. The molecule has 0 radical (unpaired) electrons. The number of fused-ring (bicyclic) bond motifs is 1. The van der Waals surface area contributed by atoms with Crippen LogP contribution in [0.2, 0.25) is 0 Å². The average molecular weight is 358 g/mol. The van der Waals surface area contributed by atoms with Crippen molar-refractivity contribution in [1.82, 2.24) is 15.2 Å². The molecule has 0 fully saturated rings. The fraction of sp³-hybridized carbons (Fsp3) is 0.176. The lowest BCUT2D eigenvalue weighted by molar-refractivity contribution is -0.127. The molecule has 1 N–H and O–H groups in total. The molecule has 134 valence electrons. The summed E-state index contributed by atoms with van der Waals surface area (Å²) in [5.74, 6) is -1.64. The molecule has 8 nitrogen and oxygen atoms in total. The summed E-state index contributed by atoms with van der Waals surface area (Å²) in [4.78, 5) is 30.4. The maximum absolute atomic E-state index is 13.6. The smallest absolute Gasteiger partial charge is 0.337 e. The van der Waals surface area contributed by atoms with E-state index in [9.17, 15) is 14.0 Å². The largest absolute Gasteiger partial charge is 0.465 e. The van der Waals surface area contributed by atoms with Gasteiger partial charge in [-0.25, -0.2) is 9.18 Å². The van der Waals surface area contributed by atoms with Gasteiger partial charge in [0, 0.05) is 0 Å². The van der Waals surface area contributed by atoms with Crippen molar-refractivity contribution < 1.29 is 23.6 Å². The van der Waals surface area contributed by atoms with Crippen molar-refractivity contribution in [2.45, 2.75) is 13.0 Å². The van der Waals surface area contributed by atoms with E-state index in [1.807, 2.05) is 0 Å². The van der Waals surface area contributed by atoms with E-state index in [1.54, 1.807) is 18.2 Å². The first-order valence-electron chi connectivity index (χ1n) is 7.66. The number of rotatable bonds is 5. The number of hydrogen-bond donors (Lipinski definition) is 1. The van der Waals surface area contributed by atoms with Crippen LogP contribution in [-0.2, 0) is 9.53 Å². The zero-order valence-electron chi connectivity index (χ0n) is 14.0. The van der Waals surface area contributed by atoms with Crippen molar-refractivity contribution in [3.63, 3.8) is 0 Å². The molecule has 1 atom stereocenters. The van der Waals surface area contributed by atoms with E-state index < -0.39 is 23.8 Å². The third kappa shape index (κ3) is 3.46. The van der Waals surface area contributed by atoms with Crippen LogP contribution >= 0.6 is 0 Å². The highest BCUT2D eigenvalue weighted by Gasteiger charge is 2.19. The van der Waals surface area contributed by atoms with Crippen LogP contribution in [0.5, 0.6) is 0 Å². The molecule has 3 aromatic rings. The monoisotopic (exact) mass is 358 g/mol. The molecule has 0 unspecified atom stereocenters. The maximum Gasteiger partial charge on any atom is 0.337 e. The van der Waals surface area contributed by atoms with Gasteiger partial charge in [-0.05, 0) is 42.5 Å². The number of ether oxygens (including phenoxy) is 1. The van der Waals surface area contributed by atoms with Gasteiger partial charge in [0.2, 0.25) is 6.10 Å². The van der Waals surface area contributed by atoms with E-state index in [0.717, 1.165) is 4.85 Å². The number of anilines is 1. The average Bonchev–Trinajstić information content (AvgIpc) is 3.05. The third-order valence-electron chi connectivity index (χ3n) is 3.60. The van der Waals surface area contributed by atoms with Crippen molar-refractivity contribution >= 4 is 28.6 Å². The zero-order valence-corrected chi connectivity index (χ0v) is 14.0. The first-order valence-corrected chi connectivity index (χ1v) is 7.66. The normalized spacial score (nSPS) is 11.8. The van der Waals surface area contributed by atoms with Crippen molar-refractivity contribution in [3.8, 4) is 0 Å². The fourth-order valence-electron chi connectivity index (χ4n) is 2.22. The maximum atomic E-state index is 13.6. The Morgan fingerprint density at radius 3 is 2.73 bits per heavy atom. The van der Waals surface area contributed by atoms with Crippen molar-refractivity contribution in [1.29, 1.82) is 0 Å². The minimum absolute atomic E-state index is 0.0457. The number of methoxy groups -OCH3 is 1. The zero-order chi connectivity index (χ0) is 18.7. The second kappa shape index (κ2) is 7.18. The van der Waals surface area contributed by atoms with E-state index in [0.29, 0.717) is 11.0 Å². The van der Waals surface area contributed by atoms with E-state index in [4.69, 9.17) is 4.84 Å². The van der Waals surface area contributed by atoms with Gasteiger partial charge >= 0.3 is 5.97 Å². The lowest BCUT2D eigenvalue weighted by Crippen LogP contribution is -2.35. The minimum atomic E-state index is -0.999. The second-order valence-electron chi connectivity index (χ2n) is 5.37. The van der Waals surface area contributed by atoms with E-state index in [2.05, 4.69) is 20.4 Å². The van der Waals surface area contributed by atoms with Gasteiger partial charge in [0.1, 0.15) is 16.9 Å². The van der Waals surface area contributed by atoms with E-state index in [-0.39, 0.29) is 11.3 Å². The summed E-state index contributed by atoms with van der Waals surface area (Å²) in [7, 11) is 1.27. The molecule has 0 saturated heterocycles. The van der Waals surface area contributed by atoms with E-state index >= 15 is 0 Å². The van der Waals surface area contributed by atoms with Crippen LogP contribution in [0.15, 0.2) is 42.5 Å². The molecule has 1 amide bonds. The number of benzene rings is 2. The quantitative estimate of drug-likeness (QED) is 0.699. The molecule has 0 bridgehead atoms. The van der Waals surface area contributed by atoms with E-state index in [1.165, 1.54) is 38.3 Å². The molecule has 1 aromatic heterocycles. The Morgan fingerprint density at radius 1 is 1.23 bits per heavy atom. The van der Waals surface area contributed by atoms with Crippen LogP contribution in [0.1, 0.15) is 17.3 Å². The molecule has 0 aliphatic carbocycles. The summed E-state index contributed by atoms with van der Waals surface area (Å²) >= 11 is 0. The lowest BCUT2D eigenvalue weighted by Gasteiger charge is -2.14. The number of hydrogen-bond acceptors (Lipinski definition) is 6. The highest BCUT2D eigenvalue weighted by Crippen LogP contribution is 2.15. The van der Waals surface area contributed by atoms with Gasteiger partial charge in [0.05, 0.1) is 18.4 Å². The third-order valence-corrected chi connectivity index (χ3v) is 3.60. The van der Waals surface area contributed by atoms with Crippen molar-refractivity contribution in [2.75, 3.05) is 12.4 Å². The molecule has 0 aliphatic rings. The van der Waals surface area contributed by atoms with Crippen LogP contribution < -0.4 is 10.2 Å². The predicted octanol–water partition coefficient (Wildman–Crippen LogP) is 1.81. The van der Waals surface area contributed by atoms with Gasteiger partial charge in [-0.15, -0.1) is 5.10 Å². The van der Waals surface area contributed by atoms with Crippen LogP contribution in [-0.4, -0.2) is 40.2 Å². The van der Waals surface area contributed by atoms with Gasteiger partial charge in [-0.1, -0.05) is 17.0 Å². The number of aromatic nitrogens is 3. The molecular weight excluding hydrogens is 343 g/mol. The number of para-hydroxylation sites is 1. The highest BCUT2D eigenvalue weighted by atomic mass is 19.1. The summed E-state index contributed by atoms with van der Waals surface area (Å²) in [6.07, 6.45) is -0.999. The van der Waals surface area contributed by atoms with Crippen LogP contribution in [0.4, 0.5) is 10.1 Å². The highest BCUT2D eigenvalue weighted by molar-refractivity contribution is 5.94. The number of carbonyl (C=O) groups excluding carboxylic acids is 2. The Labute approximate surface area is 147 Å². The Bertz CT molecular complexity index is 972. The number of nitrogens with one attached hydrogen (secondary N) is 1. The predicted molar refractivity (Wildman–Crippen MR) is 89.9 cm³/mol. The fourth-order valence-corrected chi connectivity index (χ4v) is 2.22. The molecule has 0 aliphatic heterocycles. The summed E-state index contributed by atoms with van der Waals surface area (Å²) in [6.45, 7) is 1.48. The first-order chi connectivity index (χ1) is 12.5. The summed E-state index contributed by atoms with van der Waals surface area (Å²) in [5.41, 5.74) is 1.19. The van der Waals surface area contributed by atoms with Gasteiger partial charge < -0.3 is 14.9 Å². The first kappa shape index (κ1) is 17.3. The molecule has 2 aromatic carbocycles. The van der Waals surface area contributed by atoms with Gasteiger partial charge in [-0.2, -0.15) is 0 Å². The molecule has 0 saturated carbocycles. The standard InChI is InChI=1S/C17H15FN4O4/c1-10(16(23)19-13-6-4-3-5-12(13)18)26-22-15-9-11(17(24)25-2)7-8-14(15)20-21-22/h3-10H,1-2H3,(H,19,23)/t10-/m1/s1. The Morgan fingerprint density at radius 2 is 2.00 bits per heavy atom. The molecule has 0 spiro atoms. The molecule has 26 heavy (non-hydrogen) atoms. The SMILES string of the molecule is COC(=O)c1ccc2nnn(O[C@H](C)C(=O)Nc3ccccc3F)c2c1. The molecule has 9 heteroatoms. The molecular formula is C17H15FN4O4. The van der Waals surface area contributed by atoms with Crippen LogP contribution in [0.3, 0.4) is 0 Å². The Kier molecular flexibility index (Phi) is 4.78. The summed E-state index contributed by atoms with van der Waals surface area (Å²) in [6, 6.07) is 10.4. The molecule has 3 rings (SSSR count).